The minimum atomic E-state index is 0.672. The maximum atomic E-state index is 10.6. The monoisotopic (exact) mass is 226 g/mol. The van der Waals surface area contributed by atoms with E-state index in [0.29, 0.717) is 5.92 Å². The van der Waals surface area contributed by atoms with Crippen LogP contribution >= 0.6 is 0 Å². The summed E-state index contributed by atoms with van der Waals surface area (Å²) in [5.41, 5.74) is 0. The SMILES string of the molecule is CCCCCCC(CC=O)CCCCCC. The molecule has 0 aliphatic rings. The molecule has 0 unspecified atom stereocenters. The first-order chi connectivity index (χ1) is 7.85. The lowest BCUT2D eigenvalue weighted by Gasteiger charge is -2.13. The van der Waals surface area contributed by atoms with Crippen LogP contribution in [0.3, 0.4) is 0 Å². The minimum absolute atomic E-state index is 0.672. The smallest absolute Gasteiger partial charge is 0.120 e. The van der Waals surface area contributed by atoms with Gasteiger partial charge in [-0.25, -0.2) is 0 Å². The molecule has 0 aromatic rings. The lowest BCUT2D eigenvalue weighted by atomic mass is 9.92. The molecule has 16 heavy (non-hydrogen) atoms. The molecule has 0 aromatic carbocycles. The number of hydrogen-bond donors (Lipinski definition) is 0. The molecule has 0 radical (unpaired) electrons. The van der Waals surface area contributed by atoms with E-state index in [1.807, 2.05) is 0 Å². The molecule has 0 amide bonds. The highest BCUT2D eigenvalue weighted by Gasteiger charge is 2.07. The van der Waals surface area contributed by atoms with Gasteiger partial charge in [0.1, 0.15) is 6.29 Å². The van der Waals surface area contributed by atoms with Crippen molar-refractivity contribution in [3.05, 3.63) is 0 Å². The standard InChI is InChI=1S/C15H30O/c1-3-5-7-9-11-15(13-14-16)12-10-8-6-4-2/h14-15H,3-13H2,1-2H3. The summed E-state index contributed by atoms with van der Waals surface area (Å²) in [6.45, 7) is 4.49. The number of rotatable bonds is 12. The Bertz CT molecular complexity index is 130. The normalized spacial score (nSPS) is 10.9. The Morgan fingerprint density at radius 2 is 1.31 bits per heavy atom. The Balaban J connectivity index is 3.49. The Morgan fingerprint density at radius 1 is 0.812 bits per heavy atom. The molecule has 0 spiro atoms. The minimum Gasteiger partial charge on any atom is -0.303 e. The second-order valence-electron chi connectivity index (χ2n) is 4.97. The molecule has 0 rings (SSSR count). The molecule has 96 valence electrons. The van der Waals surface area contributed by atoms with E-state index in [0.717, 1.165) is 12.7 Å². The van der Waals surface area contributed by atoms with Crippen LogP contribution in [0, 0.1) is 5.92 Å². The van der Waals surface area contributed by atoms with Crippen molar-refractivity contribution in [1.29, 1.82) is 0 Å². The van der Waals surface area contributed by atoms with Gasteiger partial charge in [0.05, 0.1) is 0 Å². The van der Waals surface area contributed by atoms with Crippen LogP contribution in [0.25, 0.3) is 0 Å². The average molecular weight is 226 g/mol. The van der Waals surface area contributed by atoms with Gasteiger partial charge in [-0.15, -0.1) is 0 Å². The first-order valence-corrected chi connectivity index (χ1v) is 7.28. The zero-order valence-corrected chi connectivity index (χ0v) is 11.3. The summed E-state index contributed by atoms with van der Waals surface area (Å²) in [6.07, 6.45) is 15.1. The summed E-state index contributed by atoms with van der Waals surface area (Å²) in [7, 11) is 0. The van der Waals surface area contributed by atoms with Crippen molar-refractivity contribution in [2.45, 2.75) is 84.5 Å². The van der Waals surface area contributed by atoms with Crippen molar-refractivity contribution in [1.82, 2.24) is 0 Å². The molecule has 0 aliphatic heterocycles. The van der Waals surface area contributed by atoms with Crippen molar-refractivity contribution >= 4 is 6.29 Å². The summed E-state index contributed by atoms with van der Waals surface area (Å²) in [6, 6.07) is 0. The van der Waals surface area contributed by atoms with E-state index in [1.54, 1.807) is 0 Å². The maximum Gasteiger partial charge on any atom is 0.120 e. The van der Waals surface area contributed by atoms with Gasteiger partial charge in [-0.3, -0.25) is 0 Å². The van der Waals surface area contributed by atoms with Crippen LogP contribution in [-0.4, -0.2) is 6.29 Å². The van der Waals surface area contributed by atoms with Crippen molar-refractivity contribution in [2.24, 2.45) is 5.92 Å². The zero-order valence-electron chi connectivity index (χ0n) is 11.3. The van der Waals surface area contributed by atoms with E-state index >= 15 is 0 Å². The van der Waals surface area contributed by atoms with Gasteiger partial charge in [0.25, 0.3) is 0 Å². The Morgan fingerprint density at radius 3 is 1.69 bits per heavy atom. The van der Waals surface area contributed by atoms with Crippen molar-refractivity contribution in [2.75, 3.05) is 0 Å². The predicted octanol–water partition coefficient (Wildman–Crippen LogP) is 5.13. The quantitative estimate of drug-likeness (QED) is 0.333. The van der Waals surface area contributed by atoms with Gasteiger partial charge in [-0.05, 0) is 5.92 Å². The highest BCUT2D eigenvalue weighted by atomic mass is 16.1. The van der Waals surface area contributed by atoms with Crippen LogP contribution in [0.4, 0.5) is 0 Å². The van der Waals surface area contributed by atoms with Crippen LogP contribution in [0.5, 0.6) is 0 Å². The predicted molar refractivity (Wildman–Crippen MR) is 71.7 cm³/mol. The van der Waals surface area contributed by atoms with E-state index in [9.17, 15) is 4.79 Å². The Hall–Kier alpha value is -0.330. The van der Waals surface area contributed by atoms with Gasteiger partial charge in [0.15, 0.2) is 0 Å². The topological polar surface area (TPSA) is 17.1 Å². The molecular weight excluding hydrogens is 196 g/mol. The molecule has 0 N–H and O–H groups in total. The molecule has 0 atom stereocenters. The van der Waals surface area contributed by atoms with E-state index in [1.165, 1.54) is 64.2 Å². The van der Waals surface area contributed by atoms with Gasteiger partial charge in [0, 0.05) is 6.42 Å². The first kappa shape index (κ1) is 15.7. The summed E-state index contributed by atoms with van der Waals surface area (Å²) in [5, 5.41) is 0. The number of carbonyl (C=O) groups excluding carboxylic acids is 1. The summed E-state index contributed by atoms with van der Waals surface area (Å²) < 4.78 is 0. The van der Waals surface area contributed by atoms with Crippen molar-refractivity contribution < 1.29 is 4.79 Å². The van der Waals surface area contributed by atoms with Crippen LogP contribution in [0.2, 0.25) is 0 Å². The van der Waals surface area contributed by atoms with Crippen LogP contribution in [-0.2, 0) is 4.79 Å². The Kier molecular flexibility index (Phi) is 12.5. The average Bonchev–Trinajstić information content (AvgIpc) is 2.30. The van der Waals surface area contributed by atoms with Gasteiger partial charge in [-0.2, -0.15) is 0 Å². The van der Waals surface area contributed by atoms with E-state index in [-0.39, 0.29) is 0 Å². The summed E-state index contributed by atoms with van der Waals surface area (Å²) >= 11 is 0. The molecule has 0 saturated heterocycles. The van der Waals surface area contributed by atoms with E-state index in [2.05, 4.69) is 13.8 Å². The third-order valence-electron chi connectivity index (χ3n) is 3.36. The molecular formula is C15H30O. The molecule has 1 nitrogen and oxygen atoms in total. The lowest BCUT2D eigenvalue weighted by molar-refractivity contribution is -0.108. The molecule has 1 heteroatoms. The molecule has 0 heterocycles. The van der Waals surface area contributed by atoms with Crippen molar-refractivity contribution in [3.63, 3.8) is 0 Å². The number of unbranched alkanes of at least 4 members (excludes halogenated alkanes) is 6. The fourth-order valence-corrected chi connectivity index (χ4v) is 2.24. The third kappa shape index (κ3) is 10.2. The molecule has 0 aliphatic carbocycles. The third-order valence-corrected chi connectivity index (χ3v) is 3.36. The largest absolute Gasteiger partial charge is 0.303 e. The van der Waals surface area contributed by atoms with Crippen LogP contribution in [0.1, 0.15) is 84.5 Å². The fraction of sp³-hybridized carbons (Fsp3) is 0.933. The highest BCUT2D eigenvalue weighted by molar-refractivity contribution is 5.49. The van der Waals surface area contributed by atoms with Gasteiger partial charge in [0.2, 0.25) is 0 Å². The molecule has 0 bridgehead atoms. The molecule has 0 saturated carbocycles. The number of hydrogen-bond acceptors (Lipinski definition) is 1. The van der Waals surface area contributed by atoms with Gasteiger partial charge < -0.3 is 4.79 Å². The fourth-order valence-electron chi connectivity index (χ4n) is 2.24. The summed E-state index contributed by atoms with van der Waals surface area (Å²) in [5.74, 6) is 0.672. The second-order valence-corrected chi connectivity index (χ2v) is 4.97. The number of carbonyl (C=O) groups is 1. The van der Waals surface area contributed by atoms with Crippen LogP contribution < -0.4 is 0 Å². The highest BCUT2D eigenvalue weighted by Crippen LogP contribution is 2.20. The maximum absolute atomic E-state index is 10.6. The van der Waals surface area contributed by atoms with Crippen LogP contribution in [0.15, 0.2) is 0 Å². The van der Waals surface area contributed by atoms with Crippen molar-refractivity contribution in [3.8, 4) is 0 Å². The van der Waals surface area contributed by atoms with E-state index in [4.69, 9.17) is 0 Å². The van der Waals surface area contributed by atoms with Gasteiger partial charge >= 0.3 is 0 Å². The second kappa shape index (κ2) is 12.7. The first-order valence-electron chi connectivity index (χ1n) is 7.28. The lowest BCUT2D eigenvalue weighted by Crippen LogP contribution is -2.01. The molecule has 0 fully saturated rings. The molecule has 0 aromatic heterocycles. The van der Waals surface area contributed by atoms with Gasteiger partial charge in [-0.1, -0.05) is 78.1 Å². The number of aldehydes is 1. The summed E-state index contributed by atoms with van der Waals surface area (Å²) in [4.78, 5) is 10.6. The zero-order chi connectivity index (χ0) is 12.1. The Labute approximate surface area is 102 Å². The van der Waals surface area contributed by atoms with E-state index < -0.39 is 0 Å².